The second kappa shape index (κ2) is 8.52. The SMILES string of the molecule is O=C(COC(=O)[C@H]1CCCC[C@@H]1c1nc2ccccc2s1)Nc1ccccc1. The summed E-state index contributed by atoms with van der Waals surface area (Å²) in [6, 6.07) is 17.2. The number of esters is 1. The van der Waals surface area contributed by atoms with Crippen molar-refractivity contribution in [3.05, 3.63) is 59.6 Å². The minimum atomic E-state index is -0.327. The van der Waals surface area contributed by atoms with E-state index in [1.165, 1.54) is 0 Å². The van der Waals surface area contributed by atoms with Gasteiger partial charge in [-0.25, -0.2) is 4.98 Å². The Bertz CT molecular complexity index is 937. The van der Waals surface area contributed by atoms with Gasteiger partial charge in [0.2, 0.25) is 0 Å². The molecule has 1 fully saturated rings. The first-order chi connectivity index (χ1) is 13.7. The zero-order valence-electron chi connectivity index (χ0n) is 15.5. The Morgan fingerprint density at radius 1 is 1.04 bits per heavy atom. The van der Waals surface area contributed by atoms with Crippen molar-refractivity contribution in [2.75, 3.05) is 11.9 Å². The molecule has 2 atom stereocenters. The van der Waals surface area contributed by atoms with Gasteiger partial charge in [0, 0.05) is 11.6 Å². The number of nitrogens with zero attached hydrogens (tertiary/aromatic N) is 1. The van der Waals surface area contributed by atoms with Gasteiger partial charge >= 0.3 is 5.97 Å². The zero-order valence-corrected chi connectivity index (χ0v) is 16.3. The monoisotopic (exact) mass is 394 g/mol. The van der Waals surface area contributed by atoms with Crippen LogP contribution in [0.15, 0.2) is 54.6 Å². The summed E-state index contributed by atoms with van der Waals surface area (Å²) in [5.74, 6) is -0.797. The van der Waals surface area contributed by atoms with Gasteiger partial charge in [-0.05, 0) is 37.1 Å². The number of aromatic nitrogens is 1. The first-order valence-electron chi connectivity index (χ1n) is 9.58. The van der Waals surface area contributed by atoms with Gasteiger partial charge in [-0.3, -0.25) is 9.59 Å². The third kappa shape index (κ3) is 4.22. The van der Waals surface area contributed by atoms with Gasteiger partial charge in [0.05, 0.1) is 21.1 Å². The maximum absolute atomic E-state index is 12.7. The summed E-state index contributed by atoms with van der Waals surface area (Å²) in [5, 5.41) is 3.73. The molecular weight excluding hydrogens is 372 g/mol. The van der Waals surface area contributed by atoms with Gasteiger partial charge in [0.1, 0.15) is 0 Å². The fourth-order valence-corrected chi connectivity index (χ4v) is 4.89. The molecule has 1 aliphatic carbocycles. The average molecular weight is 394 g/mol. The third-order valence-corrected chi connectivity index (χ3v) is 6.27. The normalized spacial score (nSPS) is 19.3. The van der Waals surface area contributed by atoms with E-state index in [0.29, 0.717) is 5.69 Å². The molecule has 2 aromatic carbocycles. The summed E-state index contributed by atoms with van der Waals surface area (Å²) in [7, 11) is 0. The number of fused-ring (bicyclic) bond motifs is 1. The van der Waals surface area contributed by atoms with E-state index in [2.05, 4.69) is 11.4 Å². The van der Waals surface area contributed by atoms with Gasteiger partial charge in [-0.1, -0.05) is 43.2 Å². The van der Waals surface area contributed by atoms with Crippen LogP contribution in [0.25, 0.3) is 10.2 Å². The fourth-order valence-electron chi connectivity index (χ4n) is 3.72. The molecule has 0 aliphatic heterocycles. The number of nitrogens with one attached hydrogen (secondary N) is 1. The Hall–Kier alpha value is -2.73. The average Bonchev–Trinajstić information content (AvgIpc) is 3.17. The highest BCUT2D eigenvalue weighted by Crippen LogP contribution is 2.41. The van der Waals surface area contributed by atoms with E-state index in [-0.39, 0.29) is 30.3 Å². The number of ether oxygens (including phenoxy) is 1. The second-order valence-corrected chi connectivity index (χ2v) is 8.10. The Kier molecular flexibility index (Phi) is 5.67. The van der Waals surface area contributed by atoms with Crippen LogP contribution >= 0.6 is 11.3 Å². The van der Waals surface area contributed by atoms with Crippen molar-refractivity contribution in [1.29, 1.82) is 0 Å². The number of rotatable bonds is 5. The fraction of sp³-hybridized carbons (Fsp3) is 0.318. The number of carbonyl (C=O) groups is 2. The molecule has 1 heterocycles. The summed E-state index contributed by atoms with van der Waals surface area (Å²) >= 11 is 1.65. The molecule has 1 saturated carbocycles. The van der Waals surface area contributed by atoms with Crippen molar-refractivity contribution in [3.8, 4) is 0 Å². The minimum Gasteiger partial charge on any atom is -0.455 e. The summed E-state index contributed by atoms with van der Waals surface area (Å²) in [5.41, 5.74) is 1.66. The molecule has 6 heteroatoms. The molecule has 1 aromatic heterocycles. The Morgan fingerprint density at radius 3 is 2.61 bits per heavy atom. The second-order valence-electron chi connectivity index (χ2n) is 7.04. The highest BCUT2D eigenvalue weighted by molar-refractivity contribution is 7.18. The predicted molar refractivity (Wildman–Crippen MR) is 110 cm³/mol. The quantitative estimate of drug-likeness (QED) is 0.634. The molecular formula is C22H22N2O3S. The van der Waals surface area contributed by atoms with E-state index >= 15 is 0 Å². The van der Waals surface area contributed by atoms with Crippen LogP contribution < -0.4 is 5.32 Å². The molecule has 144 valence electrons. The molecule has 1 aliphatic rings. The zero-order chi connectivity index (χ0) is 19.3. The summed E-state index contributed by atoms with van der Waals surface area (Å²) in [6.07, 6.45) is 3.78. The van der Waals surface area contributed by atoms with Crippen LogP contribution in [-0.2, 0) is 14.3 Å². The molecule has 4 rings (SSSR count). The molecule has 0 spiro atoms. The topological polar surface area (TPSA) is 68.3 Å². The number of amides is 1. The summed E-state index contributed by atoms with van der Waals surface area (Å²) < 4.78 is 6.50. The Balaban J connectivity index is 1.40. The first-order valence-corrected chi connectivity index (χ1v) is 10.4. The van der Waals surface area contributed by atoms with E-state index in [0.717, 1.165) is 40.9 Å². The van der Waals surface area contributed by atoms with Crippen LogP contribution in [0.2, 0.25) is 0 Å². The van der Waals surface area contributed by atoms with Gasteiger partial charge in [0.15, 0.2) is 6.61 Å². The van der Waals surface area contributed by atoms with E-state index in [4.69, 9.17) is 9.72 Å². The Labute approximate surface area is 167 Å². The van der Waals surface area contributed by atoms with E-state index in [1.807, 2.05) is 36.4 Å². The maximum atomic E-state index is 12.7. The Morgan fingerprint density at radius 2 is 1.79 bits per heavy atom. The number of hydrogen-bond acceptors (Lipinski definition) is 5. The maximum Gasteiger partial charge on any atom is 0.310 e. The lowest BCUT2D eigenvalue weighted by Crippen LogP contribution is -2.30. The molecule has 0 bridgehead atoms. The lowest BCUT2D eigenvalue weighted by atomic mass is 9.79. The smallest absolute Gasteiger partial charge is 0.310 e. The molecule has 28 heavy (non-hydrogen) atoms. The number of anilines is 1. The van der Waals surface area contributed by atoms with Crippen molar-refractivity contribution < 1.29 is 14.3 Å². The van der Waals surface area contributed by atoms with E-state index in [1.54, 1.807) is 23.5 Å². The van der Waals surface area contributed by atoms with Gasteiger partial charge in [-0.2, -0.15) is 0 Å². The molecule has 3 aromatic rings. The summed E-state index contributed by atoms with van der Waals surface area (Å²) in [4.78, 5) is 29.6. The van der Waals surface area contributed by atoms with Crippen molar-refractivity contribution in [2.24, 2.45) is 5.92 Å². The number of hydrogen-bond donors (Lipinski definition) is 1. The third-order valence-electron chi connectivity index (χ3n) is 5.10. The van der Waals surface area contributed by atoms with Crippen LogP contribution in [0.3, 0.4) is 0 Å². The van der Waals surface area contributed by atoms with Crippen molar-refractivity contribution in [2.45, 2.75) is 31.6 Å². The lowest BCUT2D eigenvalue weighted by Gasteiger charge is -2.28. The molecule has 5 nitrogen and oxygen atoms in total. The number of para-hydroxylation sites is 2. The molecule has 0 unspecified atom stereocenters. The number of benzene rings is 2. The number of thiazole rings is 1. The van der Waals surface area contributed by atoms with Crippen LogP contribution in [0, 0.1) is 5.92 Å². The van der Waals surface area contributed by atoms with Crippen LogP contribution in [-0.4, -0.2) is 23.5 Å². The van der Waals surface area contributed by atoms with Crippen LogP contribution in [0.5, 0.6) is 0 Å². The van der Waals surface area contributed by atoms with Crippen molar-refractivity contribution >= 4 is 39.1 Å². The summed E-state index contributed by atoms with van der Waals surface area (Å²) in [6.45, 7) is -0.267. The van der Waals surface area contributed by atoms with Gasteiger partial charge < -0.3 is 10.1 Å². The highest BCUT2D eigenvalue weighted by Gasteiger charge is 2.35. The minimum absolute atomic E-state index is 0.0656. The van der Waals surface area contributed by atoms with Gasteiger partial charge in [0.25, 0.3) is 5.91 Å². The largest absolute Gasteiger partial charge is 0.455 e. The molecule has 0 radical (unpaired) electrons. The standard InChI is InChI=1S/C22H22N2O3S/c25-20(23-15-8-2-1-3-9-15)14-27-22(26)17-11-5-4-10-16(17)21-24-18-12-6-7-13-19(18)28-21/h1-3,6-9,12-13,16-17H,4-5,10-11,14H2,(H,23,25)/t16-,17-/m0/s1. The number of carbonyl (C=O) groups excluding carboxylic acids is 2. The molecule has 1 N–H and O–H groups in total. The van der Waals surface area contributed by atoms with Crippen LogP contribution in [0.4, 0.5) is 5.69 Å². The van der Waals surface area contributed by atoms with E-state index < -0.39 is 0 Å². The van der Waals surface area contributed by atoms with Crippen LogP contribution in [0.1, 0.15) is 36.6 Å². The lowest BCUT2D eigenvalue weighted by molar-refractivity contribution is -0.153. The first kappa shape index (κ1) is 18.6. The highest BCUT2D eigenvalue weighted by atomic mass is 32.1. The van der Waals surface area contributed by atoms with Gasteiger partial charge in [-0.15, -0.1) is 11.3 Å². The predicted octanol–water partition coefficient (Wildman–Crippen LogP) is 4.75. The molecule has 0 saturated heterocycles. The van der Waals surface area contributed by atoms with Crippen molar-refractivity contribution in [1.82, 2.24) is 4.98 Å². The van der Waals surface area contributed by atoms with Crippen molar-refractivity contribution in [3.63, 3.8) is 0 Å². The molecule has 1 amide bonds. The van der Waals surface area contributed by atoms with E-state index in [9.17, 15) is 9.59 Å².